The smallest absolute Gasteiger partial charge is 0.194 e. The minimum atomic E-state index is -0.179. The summed E-state index contributed by atoms with van der Waals surface area (Å²) in [5.41, 5.74) is 1.83. The topological polar surface area (TPSA) is 32.5 Å². The van der Waals surface area contributed by atoms with E-state index in [-0.39, 0.29) is 11.4 Å². The van der Waals surface area contributed by atoms with Crippen molar-refractivity contribution in [3.8, 4) is 6.07 Å². The predicted octanol–water partition coefficient (Wildman–Crippen LogP) is 3.03. The van der Waals surface area contributed by atoms with E-state index in [1.807, 2.05) is 25.1 Å². The second-order valence-electron chi connectivity index (χ2n) is 2.90. The van der Waals surface area contributed by atoms with E-state index in [9.17, 15) is 0 Å². The summed E-state index contributed by atoms with van der Waals surface area (Å²) in [5, 5.41) is 8.89. The molecule has 0 aliphatic heterocycles. The summed E-state index contributed by atoms with van der Waals surface area (Å²) in [7, 11) is 0. The first-order valence-electron chi connectivity index (χ1n) is 4.19. The van der Waals surface area contributed by atoms with Gasteiger partial charge in [0.1, 0.15) is 13.1 Å². The van der Waals surface area contributed by atoms with Crippen LogP contribution in [-0.2, 0) is 0 Å². The average molecular weight is 193 g/mol. The number of aryl methyl sites for hydroxylation is 1. The Labute approximate surface area is 88.5 Å². The van der Waals surface area contributed by atoms with Gasteiger partial charge in [-0.25, -0.2) is 0 Å². The van der Waals surface area contributed by atoms with Gasteiger partial charge in [-0.3, -0.25) is 0 Å². The summed E-state index contributed by atoms with van der Waals surface area (Å²) < 4.78 is 0. The molecule has 0 aromatic heterocycles. The number of benzene rings is 1. The molecule has 1 rings (SSSR count). The van der Waals surface area contributed by atoms with Gasteiger partial charge in [-0.15, -0.1) is 0 Å². The van der Waals surface area contributed by atoms with Gasteiger partial charge in [0.15, 0.2) is 5.57 Å². The molecule has 0 saturated carbocycles. The summed E-state index contributed by atoms with van der Waals surface area (Å²) in [6.07, 6.45) is 0. The molecule has 0 fully saturated rings. The van der Waals surface area contributed by atoms with E-state index in [1.54, 1.807) is 12.1 Å². The van der Waals surface area contributed by atoms with Crippen molar-refractivity contribution >= 4 is 5.57 Å². The van der Waals surface area contributed by atoms with Crippen LogP contribution in [0.25, 0.3) is 15.3 Å². The number of hydrogen-bond donors (Lipinski definition) is 0. The van der Waals surface area contributed by atoms with Crippen LogP contribution in [0.1, 0.15) is 11.1 Å². The first-order valence-corrected chi connectivity index (χ1v) is 4.19. The lowest BCUT2D eigenvalue weighted by Gasteiger charge is -1.96. The van der Waals surface area contributed by atoms with Crippen LogP contribution in [0.15, 0.2) is 30.1 Å². The molecule has 0 heterocycles. The molecule has 70 valence electrons. The Kier molecular flexibility index (Phi) is 3.23. The van der Waals surface area contributed by atoms with Gasteiger partial charge in [0.2, 0.25) is 0 Å². The fourth-order valence-corrected chi connectivity index (χ4v) is 1.10. The SMILES string of the molecule is [C-]#[N+]C([N+]#[C-])=C(C#N)c1ccc(C)cc1. The van der Waals surface area contributed by atoms with Gasteiger partial charge >= 0.3 is 5.82 Å². The Morgan fingerprint density at radius 2 is 1.73 bits per heavy atom. The molecule has 0 spiro atoms. The number of rotatable bonds is 1. The van der Waals surface area contributed by atoms with Gasteiger partial charge in [-0.2, -0.15) is 15.0 Å². The third-order valence-electron chi connectivity index (χ3n) is 1.89. The molecule has 0 unspecified atom stereocenters. The van der Waals surface area contributed by atoms with Crippen molar-refractivity contribution in [3.63, 3.8) is 0 Å². The van der Waals surface area contributed by atoms with Crippen molar-refractivity contribution in [2.45, 2.75) is 6.92 Å². The highest BCUT2D eigenvalue weighted by molar-refractivity contribution is 5.81. The van der Waals surface area contributed by atoms with E-state index in [2.05, 4.69) is 9.69 Å². The van der Waals surface area contributed by atoms with Gasteiger partial charge in [0.05, 0.1) is 6.07 Å². The summed E-state index contributed by atoms with van der Waals surface area (Å²) >= 11 is 0. The number of nitrogens with zero attached hydrogens (tertiary/aromatic N) is 3. The Bertz CT molecular complexity index is 500. The first-order chi connectivity index (χ1) is 7.22. The molecule has 3 nitrogen and oxygen atoms in total. The zero-order valence-corrected chi connectivity index (χ0v) is 8.15. The van der Waals surface area contributed by atoms with Gasteiger partial charge in [-0.1, -0.05) is 29.8 Å². The van der Waals surface area contributed by atoms with Crippen LogP contribution in [0.4, 0.5) is 0 Å². The van der Waals surface area contributed by atoms with E-state index >= 15 is 0 Å². The molecular weight excluding hydrogens is 186 g/mol. The maximum Gasteiger partial charge on any atom is 0.537 e. The quantitative estimate of drug-likeness (QED) is 0.498. The predicted molar refractivity (Wildman–Crippen MR) is 56.9 cm³/mol. The minimum Gasteiger partial charge on any atom is -0.194 e. The van der Waals surface area contributed by atoms with Crippen LogP contribution in [0.5, 0.6) is 0 Å². The van der Waals surface area contributed by atoms with Crippen LogP contribution < -0.4 is 0 Å². The van der Waals surface area contributed by atoms with Crippen molar-refractivity contribution in [2.75, 3.05) is 0 Å². The molecule has 0 saturated heterocycles. The standard InChI is InChI=1S/C12H7N3/c1-9-4-6-10(7-5-9)11(8-13)12(14-2)15-3/h4-7H,1H3. The second-order valence-corrected chi connectivity index (χ2v) is 2.90. The zero-order valence-electron chi connectivity index (χ0n) is 8.15. The van der Waals surface area contributed by atoms with E-state index in [0.29, 0.717) is 5.56 Å². The van der Waals surface area contributed by atoms with E-state index < -0.39 is 0 Å². The van der Waals surface area contributed by atoms with Crippen molar-refractivity contribution in [3.05, 3.63) is 64.0 Å². The van der Waals surface area contributed by atoms with E-state index in [0.717, 1.165) is 5.56 Å². The summed E-state index contributed by atoms with van der Waals surface area (Å²) in [4.78, 5) is 6.06. The Morgan fingerprint density at radius 3 is 2.13 bits per heavy atom. The number of nitriles is 1. The Balaban J connectivity index is 3.35. The van der Waals surface area contributed by atoms with Crippen molar-refractivity contribution < 1.29 is 0 Å². The van der Waals surface area contributed by atoms with Crippen molar-refractivity contribution in [1.82, 2.24) is 0 Å². The maximum atomic E-state index is 8.89. The molecule has 15 heavy (non-hydrogen) atoms. The normalized spacial score (nSPS) is 8.13. The fraction of sp³-hybridized carbons (Fsp3) is 0.0833. The monoisotopic (exact) mass is 193 g/mol. The van der Waals surface area contributed by atoms with E-state index in [4.69, 9.17) is 18.4 Å². The molecule has 0 aliphatic rings. The molecule has 1 aromatic rings. The molecule has 0 N–H and O–H groups in total. The lowest BCUT2D eigenvalue weighted by molar-refractivity contribution is 1.44. The molecule has 3 heteroatoms. The van der Waals surface area contributed by atoms with Gasteiger partial charge in [0.25, 0.3) is 0 Å². The molecule has 0 amide bonds. The molecule has 0 radical (unpaired) electrons. The van der Waals surface area contributed by atoms with Gasteiger partial charge < -0.3 is 0 Å². The third-order valence-corrected chi connectivity index (χ3v) is 1.89. The highest BCUT2D eigenvalue weighted by atomic mass is 14.9. The molecular formula is C12H7N3. The number of hydrogen-bond acceptors (Lipinski definition) is 1. The van der Waals surface area contributed by atoms with Crippen molar-refractivity contribution in [1.29, 1.82) is 5.26 Å². The van der Waals surface area contributed by atoms with Gasteiger partial charge in [0, 0.05) is 0 Å². The Hall–Kier alpha value is -2.57. The molecule has 1 aromatic carbocycles. The highest BCUT2D eigenvalue weighted by Gasteiger charge is 2.15. The van der Waals surface area contributed by atoms with Crippen LogP contribution >= 0.6 is 0 Å². The van der Waals surface area contributed by atoms with Crippen LogP contribution in [-0.4, -0.2) is 0 Å². The molecule has 0 bridgehead atoms. The first kappa shape index (κ1) is 10.5. The van der Waals surface area contributed by atoms with Crippen molar-refractivity contribution in [2.24, 2.45) is 0 Å². The molecule has 0 atom stereocenters. The van der Waals surface area contributed by atoms with Crippen LogP contribution in [0, 0.1) is 31.4 Å². The van der Waals surface area contributed by atoms with Crippen LogP contribution in [0.3, 0.4) is 0 Å². The molecule has 0 aliphatic carbocycles. The largest absolute Gasteiger partial charge is 0.537 e. The summed E-state index contributed by atoms with van der Waals surface area (Å²) in [6.45, 7) is 15.5. The van der Waals surface area contributed by atoms with Crippen LogP contribution in [0.2, 0.25) is 0 Å². The minimum absolute atomic E-state index is 0.139. The average Bonchev–Trinajstić information content (AvgIpc) is 2.27. The van der Waals surface area contributed by atoms with E-state index in [1.165, 1.54) is 0 Å². The highest BCUT2D eigenvalue weighted by Crippen LogP contribution is 2.20. The fourth-order valence-electron chi connectivity index (χ4n) is 1.10. The number of allylic oxidation sites excluding steroid dienone is 1. The lowest BCUT2D eigenvalue weighted by Crippen LogP contribution is -1.84. The maximum absolute atomic E-state index is 8.89. The zero-order chi connectivity index (χ0) is 11.3. The Morgan fingerprint density at radius 1 is 1.20 bits per heavy atom. The van der Waals surface area contributed by atoms with Gasteiger partial charge in [-0.05, 0) is 12.5 Å². The summed E-state index contributed by atoms with van der Waals surface area (Å²) in [5.74, 6) is -0.179. The summed E-state index contributed by atoms with van der Waals surface area (Å²) in [6, 6.07) is 9.06. The third kappa shape index (κ3) is 2.21. The second kappa shape index (κ2) is 4.61. The lowest BCUT2D eigenvalue weighted by atomic mass is 10.1.